The van der Waals surface area contributed by atoms with Gasteiger partial charge >= 0.3 is 0 Å². The number of hydrogen-bond acceptors (Lipinski definition) is 6. The third kappa shape index (κ3) is 5.14. The van der Waals surface area contributed by atoms with Gasteiger partial charge in [0.15, 0.2) is 0 Å². The van der Waals surface area contributed by atoms with Crippen LogP contribution in [0.15, 0.2) is 47.5 Å². The van der Waals surface area contributed by atoms with Crippen molar-refractivity contribution in [2.75, 3.05) is 43.4 Å². The van der Waals surface area contributed by atoms with Crippen LogP contribution in [-0.4, -0.2) is 54.3 Å². The lowest BCUT2D eigenvalue weighted by Crippen LogP contribution is -2.49. The zero-order valence-electron chi connectivity index (χ0n) is 15.3. The van der Waals surface area contributed by atoms with Crippen LogP contribution in [0.3, 0.4) is 0 Å². The minimum absolute atomic E-state index is 0.146. The van der Waals surface area contributed by atoms with E-state index in [2.05, 4.69) is 16.0 Å². The number of amides is 1. The van der Waals surface area contributed by atoms with Gasteiger partial charge < -0.3 is 14.5 Å². The zero-order valence-corrected chi connectivity index (χ0v) is 16.1. The highest BCUT2D eigenvalue weighted by Crippen LogP contribution is 2.22. The van der Waals surface area contributed by atoms with Crippen LogP contribution in [0.5, 0.6) is 5.75 Å². The summed E-state index contributed by atoms with van der Waals surface area (Å²) in [6, 6.07) is 13.4. The highest BCUT2D eigenvalue weighted by Gasteiger charge is 2.22. The summed E-state index contributed by atoms with van der Waals surface area (Å²) in [7, 11) is 0. The number of hydrogen-bond donors (Lipinski definition) is 0. The summed E-state index contributed by atoms with van der Waals surface area (Å²) in [5.74, 6) is 2.21. The fourth-order valence-electron chi connectivity index (χ4n) is 2.88. The number of rotatable bonds is 6. The Balaban J connectivity index is 1.47. The number of benzene rings is 1. The first-order valence-electron chi connectivity index (χ1n) is 8.94. The first-order chi connectivity index (χ1) is 13.2. The Morgan fingerprint density at radius 1 is 1.22 bits per heavy atom. The van der Waals surface area contributed by atoms with Gasteiger partial charge in [0.25, 0.3) is 0 Å². The van der Waals surface area contributed by atoms with Crippen LogP contribution < -0.4 is 9.64 Å². The molecule has 1 aromatic heterocycles. The molecule has 1 fully saturated rings. The summed E-state index contributed by atoms with van der Waals surface area (Å²) >= 11 is 1.54. The summed E-state index contributed by atoms with van der Waals surface area (Å²) in [6.07, 6.45) is 1.65. The summed E-state index contributed by atoms with van der Waals surface area (Å²) in [6.45, 7) is 5.38. The van der Waals surface area contributed by atoms with Crippen molar-refractivity contribution < 1.29 is 9.53 Å². The molecule has 1 aromatic carbocycles. The Bertz CT molecular complexity index is 811. The topological polar surface area (TPSA) is 69.5 Å². The van der Waals surface area contributed by atoms with Crippen LogP contribution in [0.25, 0.3) is 0 Å². The maximum atomic E-state index is 12.5. The Hall–Kier alpha value is -2.72. The van der Waals surface area contributed by atoms with Gasteiger partial charge in [-0.2, -0.15) is 5.26 Å². The summed E-state index contributed by atoms with van der Waals surface area (Å²) in [5, 5.41) is 9.01. The van der Waals surface area contributed by atoms with Crippen molar-refractivity contribution in [2.45, 2.75) is 11.8 Å². The van der Waals surface area contributed by atoms with Gasteiger partial charge in [-0.3, -0.25) is 4.79 Å². The van der Waals surface area contributed by atoms with Gasteiger partial charge in [0.05, 0.1) is 24.0 Å². The Labute approximate surface area is 163 Å². The van der Waals surface area contributed by atoms with Crippen molar-refractivity contribution in [3.8, 4) is 11.8 Å². The Kier molecular flexibility index (Phi) is 6.55. The van der Waals surface area contributed by atoms with Crippen LogP contribution in [0.4, 0.5) is 5.82 Å². The highest BCUT2D eigenvalue weighted by molar-refractivity contribution is 8.00. The smallest absolute Gasteiger partial charge is 0.233 e. The van der Waals surface area contributed by atoms with E-state index in [9.17, 15) is 4.79 Å². The van der Waals surface area contributed by atoms with Crippen LogP contribution in [0.1, 0.15) is 12.5 Å². The lowest BCUT2D eigenvalue weighted by molar-refractivity contribution is -0.128. The second kappa shape index (κ2) is 9.28. The molecule has 0 radical (unpaired) electrons. The molecule has 0 bridgehead atoms. The van der Waals surface area contributed by atoms with E-state index in [1.807, 2.05) is 36.1 Å². The quantitative estimate of drug-likeness (QED) is 0.716. The molecule has 2 aromatic rings. The van der Waals surface area contributed by atoms with Crippen molar-refractivity contribution in [2.24, 2.45) is 0 Å². The molecule has 7 heteroatoms. The third-order valence-corrected chi connectivity index (χ3v) is 5.32. The molecule has 0 saturated carbocycles. The summed E-state index contributed by atoms with van der Waals surface area (Å²) in [5.41, 5.74) is 0.602. The lowest BCUT2D eigenvalue weighted by atomic mass is 10.2. The van der Waals surface area contributed by atoms with Gasteiger partial charge in [0.2, 0.25) is 5.91 Å². The molecule has 27 heavy (non-hydrogen) atoms. The molecule has 0 N–H and O–H groups in total. The van der Waals surface area contributed by atoms with Crippen molar-refractivity contribution in [1.82, 2.24) is 9.88 Å². The number of pyridine rings is 1. The number of carbonyl (C=O) groups is 1. The maximum absolute atomic E-state index is 12.5. The van der Waals surface area contributed by atoms with Gasteiger partial charge in [-0.25, -0.2) is 4.98 Å². The fraction of sp³-hybridized carbons (Fsp3) is 0.350. The van der Waals surface area contributed by atoms with E-state index in [0.717, 1.165) is 29.6 Å². The molecule has 1 aliphatic rings. The molecule has 0 aliphatic carbocycles. The molecule has 1 saturated heterocycles. The van der Waals surface area contributed by atoms with Crippen molar-refractivity contribution in [3.05, 3.63) is 48.2 Å². The number of anilines is 1. The first-order valence-corrected chi connectivity index (χ1v) is 9.92. The standard InChI is InChI=1S/C20H22N4O2S/c1-2-26-17-3-5-18(6-4-17)27-15-20(25)24-11-9-23(10-12-24)19-13-16(14-21)7-8-22-19/h3-8,13H,2,9-12,15H2,1H3. The van der Waals surface area contributed by atoms with E-state index in [0.29, 0.717) is 31.0 Å². The molecule has 0 unspecified atom stereocenters. The zero-order chi connectivity index (χ0) is 19.1. The molecule has 1 aliphatic heterocycles. The molecule has 6 nitrogen and oxygen atoms in total. The van der Waals surface area contributed by atoms with Gasteiger partial charge in [-0.15, -0.1) is 11.8 Å². The maximum Gasteiger partial charge on any atom is 0.233 e. The van der Waals surface area contributed by atoms with E-state index >= 15 is 0 Å². The summed E-state index contributed by atoms with van der Waals surface area (Å²) in [4.78, 5) is 21.9. The number of nitrogens with zero attached hydrogens (tertiary/aromatic N) is 4. The molecule has 140 valence electrons. The number of piperazine rings is 1. The highest BCUT2D eigenvalue weighted by atomic mass is 32.2. The molecule has 0 atom stereocenters. The normalized spacial score (nSPS) is 13.9. The molecule has 0 spiro atoms. The molecular formula is C20H22N4O2S. The number of thioether (sulfide) groups is 1. The lowest BCUT2D eigenvalue weighted by Gasteiger charge is -2.35. The number of nitriles is 1. The first kappa shape index (κ1) is 19.1. The molecule has 2 heterocycles. The average Bonchev–Trinajstić information content (AvgIpc) is 2.73. The van der Waals surface area contributed by atoms with Crippen LogP contribution >= 0.6 is 11.8 Å². The molecule has 3 rings (SSSR count). The van der Waals surface area contributed by atoms with E-state index in [1.54, 1.807) is 30.1 Å². The van der Waals surface area contributed by atoms with E-state index in [1.165, 1.54) is 0 Å². The number of carbonyl (C=O) groups excluding carboxylic acids is 1. The second-order valence-electron chi connectivity index (χ2n) is 6.08. The summed E-state index contributed by atoms with van der Waals surface area (Å²) < 4.78 is 5.43. The van der Waals surface area contributed by atoms with Crippen LogP contribution in [0, 0.1) is 11.3 Å². The third-order valence-electron chi connectivity index (χ3n) is 4.33. The number of ether oxygens (including phenoxy) is 1. The predicted octanol–water partition coefficient (Wildman–Crippen LogP) is 2.79. The largest absolute Gasteiger partial charge is 0.494 e. The fourth-order valence-corrected chi connectivity index (χ4v) is 3.68. The second-order valence-corrected chi connectivity index (χ2v) is 7.12. The monoisotopic (exact) mass is 382 g/mol. The predicted molar refractivity (Wildman–Crippen MR) is 106 cm³/mol. The van der Waals surface area contributed by atoms with Crippen LogP contribution in [-0.2, 0) is 4.79 Å². The van der Waals surface area contributed by atoms with Gasteiger partial charge in [-0.1, -0.05) is 0 Å². The van der Waals surface area contributed by atoms with E-state index in [4.69, 9.17) is 10.00 Å². The van der Waals surface area contributed by atoms with Gasteiger partial charge in [0, 0.05) is 37.3 Å². The van der Waals surface area contributed by atoms with Crippen molar-refractivity contribution >= 4 is 23.5 Å². The van der Waals surface area contributed by atoms with Crippen molar-refractivity contribution in [1.29, 1.82) is 5.26 Å². The minimum Gasteiger partial charge on any atom is -0.494 e. The number of aromatic nitrogens is 1. The van der Waals surface area contributed by atoms with E-state index < -0.39 is 0 Å². The Morgan fingerprint density at radius 2 is 1.96 bits per heavy atom. The molecule has 1 amide bonds. The van der Waals surface area contributed by atoms with Crippen molar-refractivity contribution in [3.63, 3.8) is 0 Å². The minimum atomic E-state index is 0.146. The average molecular weight is 382 g/mol. The molecular weight excluding hydrogens is 360 g/mol. The Morgan fingerprint density at radius 3 is 2.63 bits per heavy atom. The SMILES string of the molecule is CCOc1ccc(SCC(=O)N2CCN(c3cc(C#N)ccn3)CC2)cc1. The van der Waals surface area contributed by atoms with Gasteiger partial charge in [-0.05, 0) is 43.3 Å². The van der Waals surface area contributed by atoms with Gasteiger partial charge in [0.1, 0.15) is 11.6 Å². The van der Waals surface area contributed by atoms with Crippen LogP contribution in [0.2, 0.25) is 0 Å². The van der Waals surface area contributed by atoms with E-state index in [-0.39, 0.29) is 5.91 Å².